The third kappa shape index (κ3) is 5.22. The van der Waals surface area contributed by atoms with E-state index in [9.17, 15) is 0 Å². The molecule has 0 radical (unpaired) electrons. The first-order chi connectivity index (χ1) is 27.3. The lowest BCUT2D eigenvalue weighted by Crippen LogP contribution is -2.11. The van der Waals surface area contributed by atoms with E-state index in [2.05, 4.69) is 210 Å². The van der Waals surface area contributed by atoms with Crippen molar-refractivity contribution < 1.29 is 0 Å². The van der Waals surface area contributed by atoms with Gasteiger partial charge in [0.05, 0.1) is 26.9 Å². The van der Waals surface area contributed by atoms with Crippen molar-refractivity contribution in [2.75, 3.05) is 4.90 Å². The first kappa shape index (κ1) is 31.5. The number of hydrogen-bond acceptors (Lipinski definition) is 3. The van der Waals surface area contributed by atoms with E-state index in [1.165, 1.54) is 53.6 Å². The second-order valence-electron chi connectivity index (χ2n) is 14.0. The van der Waals surface area contributed by atoms with E-state index in [4.69, 9.17) is 4.98 Å². The average Bonchev–Trinajstić information content (AvgIpc) is 3.85. The normalized spacial score (nSPS) is 11.6. The molecule has 11 aromatic rings. The van der Waals surface area contributed by atoms with Gasteiger partial charge in [0.1, 0.15) is 5.01 Å². The lowest BCUT2D eigenvalue weighted by molar-refractivity contribution is 1.19. The minimum absolute atomic E-state index is 1.02. The summed E-state index contributed by atoms with van der Waals surface area (Å²) in [6, 6.07) is 72.2. The number of aromatic nitrogens is 2. The van der Waals surface area contributed by atoms with Crippen LogP contribution in [0.1, 0.15) is 0 Å². The third-order valence-corrected chi connectivity index (χ3v) is 11.9. The van der Waals surface area contributed by atoms with E-state index < -0.39 is 0 Å². The molecule has 0 saturated heterocycles. The highest BCUT2D eigenvalue weighted by atomic mass is 32.1. The Morgan fingerprint density at radius 1 is 0.455 bits per heavy atom. The molecule has 0 aliphatic rings. The van der Waals surface area contributed by atoms with Crippen molar-refractivity contribution in [2.24, 2.45) is 0 Å². The molecule has 9 aromatic carbocycles. The zero-order valence-corrected chi connectivity index (χ0v) is 30.6. The highest BCUT2D eigenvalue weighted by Gasteiger charge is 2.22. The molecule has 0 aliphatic carbocycles. The lowest BCUT2D eigenvalue weighted by atomic mass is 10.00. The van der Waals surface area contributed by atoms with Gasteiger partial charge in [0.2, 0.25) is 0 Å². The molecule has 0 spiro atoms. The van der Waals surface area contributed by atoms with Gasteiger partial charge in [0, 0.05) is 49.7 Å². The summed E-state index contributed by atoms with van der Waals surface area (Å²) in [6.07, 6.45) is 0. The maximum atomic E-state index is 5.07. The quantitative estimate of drug-likeness (QED) is 0.171. The van der Waals surface area contributed by atoms with Gasteiger partial charge in [0.25, 0.3) is 0 Å². The molecule has 0 saturated carbocycles. The Labute approximate surface area is 322 Å². The van der Waals surface area contributed by atoms with E-state index in [1.807, 2.05) is 0 Å². The summed E-state index contributed by atoms with van der Waals surface area (Å²) >= 11 is 1.76. The second-order valence-corrected chi connectivity index (χ2v) is 15.0. The van der Waals surface area contributed by atoms with Crippen LogP contribution in [0, 0.1) is 0 Å². The smallest absolute Gasteiger partial charge is 0.124 e. The van der Waals surface area contributed by atoms with Gasteiger partial charge in [-0.05, 0) is 70.9 Å². The molecular formula is C51H33N3S. The standard InChI is InChI=1S/C51H33N3S/c1-3-16-35(17-4-1)51-52-46-27-14-26-41(50(46)55-51)37-19-13-22-39(32-37)53(40-30-29-34-15-7-8-18-36(34)31-40)48-33-45-43-24-11-12-28-47(43)54(38-20-5-2-6-21-38)49(45)44-25-10-9-23-42(44)48/h1-33H. The number of benzene rings is 9. The SMILES string of the molecule is c1ccc(-c2nc3cccc(-c4cccc(N(c5ccc6ccccc6c5)c5cc6c7ccccc7n(-c7ccccc7)c6c6ccccc56)c4)c3s2)cc1. The second kappa shape index (κ2) is 12.8. The first-order valence-corrected chi connectivity index (χ1v) is 19.4. The number of anilines is 3. The Balaban J connectivity index is 1.18. The van der Waals surface area contributed by atoms with Crippen molar-refractivity contribution >= 4 is 82.0 Å². The molecule has 0 aliphatic heterocycles. The number of para-hydroxylation sites is 2. The summed E-state index contributed by atoms with van der Waals surface area (Å²) in [5, 5.41) is 8.30. The van der Waals surface area contributed by atoms with Gasteiger partial charge >= 0.3 is 0 Å². The fraction of sp³-hybridized carbons (Fsp3) is 0. The summed E-state index contributed by atoms with van der Waals surface area (Å²) in [7, 11) is 0. The van der Waals surface area contributed by atoms with E-state index in [0.717, 1.165) is 44.4 Å². The lowest BCUT2D eigenvalue weighted by Gasteiger charge is -2.28. The molecule has 0 atom stereocenters. The monoisotopic (exact) mass is 719 g/mol. The highest BCUT2D eigenvalue weighted by Crippen LogP contribution is 2.47. The zero-order chi connectivity index (χ0) is 36.3. The number of thiazole rings is 1. The number of rotatable bonds is 6. The topological polar surface area (TPSA) is 21.1 Å². The highest BCUT2D eigenvalue weighted by molar-refractivity contribution is 7.22. The molecule has 0 unspecified atom stereocenters. The summed E-state index contributed by atoms with van der Waals surface area (Å²) in [4.78, 5) is 7.52. The molecule has 55 heavy (non-hydrogen) atoms. The van der Waals surface area contributed by atoms with Crippen LogP contribution >= 0.6 is 11.3 Å². The Kier molecular flexibility index (Phi) is 7.35. The van der Waals surface area contributed by atoms with Crippen LogP contribution in [-0.4, -0.2) is 9.55 Å². The molecule has 2 heterocycles. The van der Waals surface area contributed by atoms with Gasteiger partial charge in [0.15, 0.2) is 0 Å². The van der Waals surface area contributed by atoms with Crippen LogP contribution < -0.4 is 4.90 Å². The molecular weight excluding hydrogens is 687 g/mol. The number of fused-ring (bicyclic) bond motifs is 7. The van der Waals surface area contributed by atoms with E-state index in [0.29, 0.717) is 0 Å². The van der Waals surface area contributed by atoms with Gasteiger partial charge in [-0.2, -0.15) is 0 Å². The van der Waals surface area contributed by atoms with Crippen LogP contribution in [0.3, 0.4) is 0 Å². The van der Waals surface area contributed by atoms with Crippen LogP contribution in [0.5, 0.6) is 0 Å². The van der Waals surface area contributed by atoms with Crippen molar-refractivity contribution in [3.05, 3.63) is 200 Å². The summed E-state index contributed by atoms with van der Waals surface area (Å²) in [6.45, 7) is 0. The Bertz CT molecular complexity index is 3210. The first-order valence-electron chi connectivity index (χ1n) is 18.6. The fourth-order valence-electron chi connectivity index (χ4n) is 8.27. The van der Waals surface area contributed by atoms with Gasteiger partial charge in [-0.3, -0.25) is 0 Å². The Morgan fingerprint density at radius 2 is 1.13 bits per heavy atom. The van der Waals surface area contributed by atoms with Crippen molar-refractivity contribution in [2.45, 2.75) is 0 Å². The average molecular weight is 720 g/mol. The predicted molar refractivity (Wildman–Crippen MR) is 235 cm³/mol. The van der Waals surface area contributed by atoms with E-state index in [1.54, 1.807) is 11.3 Å². The summed E-state index contributed by atoms with van der Waals surface area (Å²) < 4.78 is 3.62. The number of nitrogens with zero attached hydrogens (tertiary/aromatic N) is 3. The summed E-state index contributed by atoms with van der Waals surface area (Å²) in [5.74, 6) is 0. The molecule has 3 nitrogen and oxygen atoms in total. The maximum Gasteiger partial charge on any atom is 0.124 e. The van der Waals surface area contributed by atoms with Crippen LogP contribution in [0.25, 0.3) is 81.0 Å². The Morgan fingerprint density at radius 3 is 1.98 bits per heavy atom. The molecule has 11 rings (SSSR count). The van der Waals surface area contributed by atoms with Crippen LogP contribution in [-0.2, 0) is 0 Å². The molecule has 0 N–H and O–H groups in total. The fourth-order valence-corrected chi connectivity index (χ4v) is 9.38. The van der Waals surface area contributed by atoms with Gasteiger partial charge in [-0.15, -0.1) is 11.3 Å². The van der Waals surface area contributed by atoms with Crippen LogP contribution in [0.4, 0.5) is 17.1 Å². The van der Waals surface area contributed by atoms with Crippen molar-refractivity contribution in [1.82, 2.24) is 9.55 Å². The molecule has 2 aromatic heterocycles. The van der Waals surface area contributed by atoms with Crippen LogP contribution in [0.15, 0.2) is 200 Å². The maximum absolute atomic E-state index is 5.07. The van der Waals surface area contributed by atoms with Crippen molar-refractivity contribution in [3.63, 3.8) is 0 Å². The number of hydrogen-bond donors (Lipinski definition) is 0. The zero-order valence-electron chi connectivity index (χ0n) is 29.8. The molecule has 0 bridgehead atoms. The third-order valence-electron chi connectivity index (χ3n) is 10.8. The van der Waals surface area contributed by atoms with E-state index in [-0.39, 0.29) is 0 Å². The van der Waals surface area contributed by atoms with Gasteiger partial charge in [-0.1, -0.05) is 146 Å². The molecule has 258 valence electrons. The van der Waals surface area contributed by atoms with Crippen molar-refractivity contribution in [3.8, 4) is 27.4 Å². The minimum atomic E-state index is 1.02. The Hall–Kier alpha value is -7.01. The molecule has 4 heteroatoms. The summed E-state index contributed by atoms with van der Waals surface area (Å²) in [5.41, 5.74) is 11.4. The largest absolute Gasteiger partial charge is 0.310 e. The minimum Gasteiger partial charge on any atom is -0.310 e. The van der Waals surface area contributed by atoms with Crippen molar-refractivity contribution in [1.29, 1.82) is 0 Å². The predicted octanol–water partition coefficient (Wildman–Crippen LogP) is 14.5. The van der Waals surface area contributed by atoms with Crippen LogP contribution in [0.2, 0.25) is 0 Å². The molecule has 0 amide bonds. The van der Waals surface area contributed by atoms with Gasteiger partial charge in [-0.25, -0.2) is 4.98 Å². The van der Waals surface area contributed by atoms with Gasteiger partial charge < -0.3 is 9.47 Å². The van der Waals surface area contributed by atoms with E-state index >= 15 is 0 Å². The molecule has 0 fully saturated rings.